The number of thiophene rings is 1. The lowest BCUT2D eigenvalue weighted by Crippen LogP contribution is -2.26. The van der Waals surface area contributed by atoms with Gasteiger partial charge in [-0.2, -0.15) is 0 Å². The summed E-state index contributed by atoms with van der Waals surface area (Å²) in [6.45, 7) is 5.54. The Morgan fingerprint density at radius 2 is 1.96 bits per heavy atom. The minimum Gasteiger partial charge on any atom is -0.293 e. The standard InChI is InChI=1S/C19H21FN2OS/c1-4-13-5-7-14(8-6-13)15-11-24-18-16(15)19(23)22(10-9-20)17(21-18)12(2)3/h5-8,11-12H,4,9-10H2,1-3H3. The molecule has 5 heteroatoms. The highest BCUT2D eigenvalue weighted by atomic mass is 32.1. The minimum absolute atomic E-state index is 0.0549. The summed E-state index contributed by atoms with van der Waals surface area (Å²) in [4.78, 5) is 18.4. The number of hydrogen-bond donors (Lipinski definition) is 0. The van der Waals surface area contributed by atoms with Crippen LogP contribution in [-0.2, 0) is 13.0 Å². The van der Waals surface area contributed by atoms with Crippen LogP contribution in [0.5, 0.6) is 0 Å². The molecule has 3 nitrogen and oxygen atoms in total. The Morgan fingerprint density at radius 1 is 1.25 bits per heavy atom. The number of rotatable bonds is 5. The summed E-state index contributed by atoms with van der Waals surface area (Å²) in [5.74, 6) is 0.725. The first-order valence-corrected chi connectivity index (χ1v) is 9.12. The van der Waals surface area contributed by atoms with E-state index < -0.39 is 6.67 Å². The summed E-state index contributed by atoms with van der Waals surface area (Å²) < 4.78 is 14.4. The van der Waals surface area contributed by atoms with Crippen LogP contribution in [0.2, 0.25) is 0 Å². The summed E-state index contributed by atoms with van der Waals surface area (Å²) in [5, 5.41) is 2.58. The van der Waals surface area contributed by atoms with Gasteiger partial charge >= 0.3 is 0 Å². The number of aryl methyl sites for hydroxylation is 1. The van der Waals surface area contributed by atoms with Gasteiger partial charge in [-0.3, -0.25) is 9.36 Å². The fourth-order valence-electron chi connectivity index (χ4n) is 2.91. The number of nitrogens with zero attached hydrogens (tertiary/aromatic N) is 2. The summed E-state index contributed by atoms with van der Waals surface area (Å²) in [6.07, 6.45) is 0.979. The van der Waals surface area contributed by atoms with Gasteiger partial charge in [0.25, 0.3) is 5.56 Å². The molecule has 0 saturated carbocycles. The number of halogens is 1. The van der Waals surface area contributed by atoms with Crippen molar-refractivity contribution in [2.45, 2.75) is 39.7 Å². The monoisotopic (exact) mass is 344 g/mol. The maximum absolute atomic E-state index is 13.0. The normalized spacial score (nSPS) is 11.5. The Labute approximate surface area is 144 Å². The maximum atomic E-state index is 13.0. The van der Waals surface area contributed by atoms with Crippen LogP contribution in [0, 0.1) is 0 Å². The molecule has 0 N–H and O–H groups in total. The number of aromatic nitrogens is 2. The summed E-state index contributed by atoms with van der Waals surface area (Å²) >= 11 is 1.47. The molecule has 0 saturated heterocycles. The van der Waals surface area contributed by atoms with E-state index in [1.165, 1.54) is 21.5 Å². The van der Waals surface area contributed by atoms with Crippen LogP contribution in [0.15, 0.2) is 34.4 Å². The predicted octanol–water partition coefficient (Wildman–Crippen LogP) is 4.78. The van der Waals surface area contributed by atoms with Crippen LogP contribution in [0.4, 0.5) is 4.39 Å². The topological polar surface area (TPSA) is 34.9 Å². The molecule has 3 rings (SSSR count). The highest BCUT2D eigenvalue weighted by molar-refractivity contribution is 7.17. The van der Waals surface area contributed by atoms with E-state index in [1.54, 1.807) is 0 Å². The van der Waals surface area contributed by atoms with Crippen molar-refractivity contribution in [1.29, 1.82) is 0 Å². The molecule has 0 spiro atoms. The van der Waals surface area contributed by atoms with Gasteiger partial charge in [0.15, 0.2) is 0 Å². The average Bonchev–Trinajstić information content (AvgIpc) is 3.01. The molecule has 0 bridgehead atoms. The van der Waals surface area contributed by atoms with Crippen LogP contribution in [-0.4, -0.2) is 16.2 Å². The van der Waals surface area contributed by atoms with E-state index in [1.807, 2.05) is 31.4 Å². The Hall–Kier alpha value is -2.01. The second-order valence-corrected chi connectivity index (χ2v) is 7.01. The molecule has 0 aliphatic heterocycles. The highest BCUT2D eigenvalue weighted by Crippen LogP contribution is 2.32. The van der Waals surface area contributed by atoms with Gasteiger partial charge in [-0.15, -0.1) is 11.3 Å². The number of benzene rings is 1. The maximum Gasteiger partial charge on any atom is 0.262 e. The van der Waals surface area contributed by atoms with Crippen LogP contribution in [0.25, 0.3) is 21.3 Å². The van der Waals surface area contributed by atoms with Crippen LogP contribution >= 0.6 is 11.3 Å². The molecule has 126 valence electrons. The Kier molecular flexibility index (Phi) is 4.81. The van der Waals surface area contributed by atoms with E-state index in [0.29, 0.717) is 11.2 Å². The van der Waals surface area contributed by atoms with E-state index >= 15 is 0 Å². The van der Waals surface area contributed by atoms with Crippen molar-refractivity contribution in [3.8, 4) is 11.1 Å². The third-order valence-electron chi connectivity index (χ3n) is 4.22. The minimum atomic E-state index is -0.572. The molecule has 0 unspecified atom stereocenters. The van der Waals surface area contributed by atoms with Gasteiger partial charge in [0, 0.05) is 16.9 Å². The van der Waals surface area contributed by atoms with Crippen molar-refractivity contribution in [3.05, 3.63) is 51.4 Å². The third kappa shape index (κ3) is 2.88. The highest BCUT2D eigenvalue weighted by Gasteiger charge is 2.18. The molecule has 0 aliphatic carbocycles. The van der Waals surface area contributed by atoms with E-state index in [9.17, 15) is 9.18 Å². The molecule has 0 amide bonds. The molecule has 24 heavy (non-hydrogen) atoms. The second-order valence-electron chi connectivity index (χ2n) is 6.15. The van der Waals surface area contributed by atoms with E-state index in [0.717, 1.165) is 22.4 Å². The van der Waals surface area contributed by atoms with Crippen molar-refractivity contribution in [3.63, 3.8) is 0 Å². The quantitative estimate of drug-likeness (QED) is 0.667. The predicted molar refractivity (Wildman–Crippen MR) is 98.8 cm³/mol. The average molecular weight is 344 g/mol. The summed E-state index contributed by atoms with van der Waals surface area (Å²) in [5.41, 5.74) is 3.00. The summed E-state index contributed by atoms with van der Waals surface area (Å²) in [6, 6.07) is 8.23. The van der Waals surface area contributed by atoms with Gasteiger partial charge in [-0.05, 0) is 17.5 Å². The van der Waals surface area contributed by atoms with Crippen molar-refractivity contribution >= 4 is 21.6 Å². The molecule has 2 heterocycles. The third-order valence-corrected chi connectivity index (χ3v) is 5.09. The molecule has 1 aromatic carbocycles. The number of fused-ring (bicyclic) bond motifs is 1. The molecule has 0 fully saturated rings. The zero-order valence-corrected chi connectivity index (χ0v) is 15.0. The largest absolute Gasteiger partial charge is 0.293 e. The molecule has 2 aromatic heterocycles. The van der Waals surface area contributed by atoms with Crippen molar-refractivity contribution < 1.29 is 4.39 Å². The molecule has 3 aromatic rings. The van der Waals surface area contributed by atoms with Gasteiger partial charge in [0.2, 0.25) is 0 Å². The van der Waals surface area contributed by atoms with Gasteiger partial charge in [0.05, 0.1) is 11.9 Å². The molecular formula is C19H21FN2OS. The van der Waals surface area contributed by atoms with Crippen molar-refractivity contribution in [2.75, 3.05) is 6.67 Å². The molecular weight excluding hydrogens is 323 g/mol. The fraction of sp³-hybridized carbons (Fsp3) is 0.368. The van der Waals surface area contributed by atoms with E-state index in [-0.39, 0.29) is 18.0 Å². The van der Waals surface area contributed by atoms with Crippen molar-refractivity contribution in [2.24, 2.45) is 0 Å². The van der Waals surface area contributed by atoms with Gasteiger partial charge < -0.3 is 0 Å². The van der Waals surface area contributed by atoms with Crippen LogP contribution in [0.3, 0.4) is 0 Å². The van der Waals surface area contributed by atoms with Gasteiger partial charge in [-0.25, -0.2) is 9.37 Å². The SMILES string of the molecule is CCc1ccc(-c2csc3nc(C(C)C)n(CCF)c(=O)c23)cc1. The van der Waals surface area contributed by atoms with Crippen molar-refractivity contribution in [1.82, 2.24) is 9.55 Å². The van der Waals surface area contributed by atoms with Gasteiger partial charge in [-0.1, -0.05) is 45.0 Å². The van der Waals surface area contributed by atoms with Gasteiger partial charge in [0.1, 0.15) is 17.3 Å². The van der Waals surface area contributed by atoms with Crippen LogP contribution in [0.1, 0.15) is 38.1 Å². The Morgan fingerprint density at radius 3 is 2.54 bits per heavy atom. The van der Waals surface area contributed by atoms with Crippen LogP contribution < -0.4 is 5.56 Å². The Balaban J connectivity index is 2.24. The number of hydrogen-bond acceptors (Lipinski definition) is 3. The molecule has 0 atom stereocenters. The Bertz CT molecular complexity index is 910. The summed E-state index contributed by atoms with van der Waals surface area (Å²) in [7, 11) is 0. The fourth-order valence-corrected chi connectivity index (χ4v) is 3.86. The van der Waals surface area contributed by atoms with E-state index in [4.69, 9.17) is 0 Å². The molecule has 0 aliphatic rings. The first kappa shape index (κ1) is 16.8. The first-order valence-electron chi connectivity index (χ1n) is 8.24. The lowest BCUT2D eigenvalue weighted by atomic mass is 10.0. The lowest BCUT2D eigenvalue weighted by molar-refractivity contribution is 0.428. The lowest BCUT2D eigenvalue weighted by Gasteiger charge is -2.13. The zero-order chi connectivity index (χ0) is 17.3. The first-order chi connectivity index (χ1) is 11.6. The molecule has 0 radical (unpaired) electrons. The second kappa shape index (κ2) is 6.85. The smallest absolute Gasteiger partial charge is 0.262 e. The number of alkyl halides is 1. The zero-order valence-electron chi connectivity index (χ0n) is 14.2. The van der Waals surface area contributed by atoms with E-state index in [2.05, 4.69) is 24.0 Å².